The van der Waals surface area contributed by atoms with Gasteiger partial charge in [0.05, 0.1) is 23.2 Å². The Balaban J connectivity index is 1.83. The molecular formula is C25H36N2O5S. The number of carbonyl (C=O) groups excluding carboxylic acids is 3. The van der Waals surface area contributed by atoms with Crippen LogP contribution in [0.2, 0.25) is 0 Å². The van der Waals surface area contributed by atoms with E-state index in [9.17, 15) is 19.5 Å². The zero-order chi connectivity index (χ0) is 23.8. The molecule has 0 aromatic carbocycles. The lowest BCUT2D eigenvalue weighted by atomic mass is 9.74. The number of aliphatic hydroxyl groups is 1. The third-order valence-corrected chi connectivity index (χ3v) is 9.37. The molecule has 4 aliphatic heterocycles. The number of nitrogens with zero attached hydrogens (tertiary/aromatic N) is 2. The van der Waals surface area contributed by atoms with E-state index in [1.165, 1.54) is 0 Å². The van der Waals surface area contributed by atoms with Gasteiger partial charge in [0, 0.05) is 30.5 Å². The average Bonchev–Trinajstić information content (AvgIpc) is 3.11. The predicted molar refractivity (Wildman–Crippen MR) is 127 cm³/mol. The number of hydrogen-bond donors (Lipinski definition) is 1. The molecule has 0 radical (unpaired) electrons. The summed E-state index contributed by atoms with van der Waals surface area (Å²) < 4.78 is 4.14. The highest BCUT2D eigenvalue weighted by atomic mass is 32.2. The zero-order valence-corrected chi connectivity index (χ0v) is 20.7. The maximum atomic E-state index is 14.1. The average molecular weight is 477 g/mol. The first-order valence-corrected chi connectivity index (χ1v) is 13.1. The normalized spacial score (nSPS) is 37.9. The minimum Gasteiger partial charge on any atom is -0.465 e. The highest BCUT2D eigenvalue weighted by molar-refractivity contribution is 8.02. The first-order chi connectivity index (χ1) is 15.8. The van der Waals surface area contributed by atoms with Crippen LogP contribution in [0.25, 0.3) is 0 Å². The highest BCUT2D eigenvalue weighted by Crippen LogP contribution is 2.65. The standard InChI is InChI=1S/C25H36N2O5S/c1-4-10-17(2)26-13-8-12-25-18(21(29)27(14-9-15-28)20(25)22(26)30)19-23(31)32-16-7-5-6-11-24(19,3)33-25/h6,8,11-12,17-20,28H,4-5,7,9-10,13-16H2,1-3H3/b11-6-/t17?,18-,19-,20?,24+,25-/m0/s1. The largest absolute Gasteiger partial charge is 0.465 e. The minimum atomic E-state index is -0.841. The minimum absolute atomic E-state index is 0.0557. The number of ether oxygens (including phenoxy) is 1. The fourth-order valence-electron chi connectivity index (χ4n) is 6.10. The number of thioether (sulfide) groups is 1. The molecule has 0 saturated carbocycles. The molecule has 182 valence electrons. The number of amides is 2. The summed E-state index contributed by atoms with van der Waals surface area (Å²) in [5.74, 6) is -1.93. The van der Waals surface area contributed by atoms with Gasteiger partial charge in [-0.2, -0.15) is 0 Å². The molecule has 4 rings (SSSR count). The summed E-state index contributed by atoms with van der Waals surface area (Å²) in [6.07, 6.45) is 12.0. The number of likely N-dealkylation sites (tertiary alicyclic amines) is 1. The van der Waals surface area contributed by atoms with Crippen LogP contribution in [0.3, 0.4) is 0 Å². The van der Waals surface area contributed by atoms with Gasteiger partial charge in [-0.15, -0.1) is 11.8 Å². The summed E-state index contributed by atoms with van der Waals surface area (Å²) in [6.45, 7) is 7.22. The molecule has 7 nitrogen and oxygen atoms in total. The summed E-state index contributed by atoms with van der Waals surface area (Å²) in [5, 5.41) is 9.48. The number of rotatable bonds is 6. The van der Waals surface area contributed by atoms with Gasteiger partial charge in [-0.05, 0) is 39.5 Å². The van der Waals surface area contributed by atoms with Crippen LogP contribution in [0.15, 0.2) is 24.3 Å². The van der Waals surface area contributed by atoms with Gasteiger partial charge < -0.3 is 19.6 Å². The van der Waals surface area contributed by atoms with Crippen molar-refractivity contribution in [2.45, 2.75) is 74.5 Å². The maximum Gasteiger partial charge on any atom is 0.311 e. The molecule has 4 aliphatic rings. The fourth-order valence-corrected chi connectivity index (χ4v) is 8.26. The predicted octanol–water partition coefficient (Wildman–Crippen LogP) is 2.54. The molecule has 0 aromatic rings. The second kappa shape index (κ2) is 9.45. The number of carbonyl (C=O) groups is 3. The summed E-state index contributed by atoms with van der Waals surface area (Å²) in [7, 11) is 0. The van der Waals surface area contributed by atoms with Crippen LogP contribution in [-0.4, -0.2) is 80.6 Å². The van der Waals surface area contributed by atoms with Crippen LogP contribution in [0, 0.1) is 11.8 Å². The van der Waals surface area contributed by atoms with E-state index in [0.29, 0.717) is 26.1 Å². The topological polar surface area (TPSA) is 87.2 Å². The van der Waals surface area contributed by atoms with Crippen molar-refractivity contribution in [3.05, 3.63) is 24.3 Å². The van der Waals surface area contributed by atoms with Gasteiger partial charge in [-0.25, -0.2) is 0 Å². The van der Waals surface area contributed by atoms with E-state index in [0.717, 1.165) is 25.7 Å². The first kappa shape index (κ1) is 24.3. The van der Waals surface area contributed by atoms with Crippen molar-refractivity contribution in [3.63, 3.8) is 0 Å². The molecule has 33 heavy (non-hydrogen) atoms. The van der Waals surface area contributed by atoms with E-state index >= 15 is 0 Å². The van der Waals surface area contributed by atoms with Crippen LogP contribution >= 0.6 is 11.8 Å². The van der Waals surface area contributed by atoms with Crippen molar-refractivity contribution in [1.82, 2.24) is 9.80 Å². The molecule has 4 heterocycles. The molecule has 6 atom stereocenters. The van der Waals surface area contributed by atoms with E-state index in [4.69, 9.17) is 4.74 Å². The number of aliphatic hydroxyl groups excluding tert-OH is 1. The van der Waals surface area contributed by atoms with Crippen LogP contribution in [0.1, 0.15) is 52.9 Å². The Labute approximate surface area is 200 Å². The van der Waals surface area contributed by atoms with Gasteiger partial charge in [-0.1, -0.05) is 37.6 Å². The van der Waals surface area contributed by atoms with Crippen molar-refractivity contribution in [1.29, 1.82) is 0 Å². The molecule has 2 fully saturated rings. The van der Waals surface area contributed by atoms with Crippen LogP contribution in [-0.2, 0) is 19.1 Å². The third kappa shape index (κ3) is 3.93. The number of cyclic esters (lactones) is 1. The molecule has 0 aliphatic carbocycles. The molecule has 1 N–H and O–H groups in total. The number of allylic oxidation sites excluding steroid dienone is 1. The molecule has 2 saturated heterocycles. The van der Waals surface area contributed by atoms with Gasteiger partial charge in [0.15, 0.2) is 0 Å². The SMILES string of the molecule is CCCC(C)N1CC=C[C@]23S[C@]4(C)/C=C\CCCOC(=O)[C@@H]4[C@H]2C(=O)N(CCCO)C3C1=O. The number of esters is 1. The van der Waals surface area contributed by atoms with Gasteiger partial charge in [0.2, 0.25) is 11.8 Å². The second-order valence-corrected chi connectivity index (χ2v) is 11.6. The summed E-state index contributed by atoms with van der Waals surface area (Å²) in [5.41, 5.74) is 0. The zero-order valence-electron chi connectivity index (χ0n) is 19.9. The van der Waals surface area contributed by atoms with Crippen molar-refractivity contribution in [3.8, 4) is 0 Å². The molecular weight excluding hydrogens is 440 g/mol. The fraction of sp³-hybridized carbons (Fsp3) is 0.720. The summed E-state index contributed by atoms with van der Waals surface area (Å²) in [4.78, 5) is 44.8. The van der Waals surface area contributed by atoms with Gasteiger partial charge in [0.1, 0.15) is 6.04 Å². The van der Waals surface area contributed by atoms with E-state index in [1.807, 2.05) is 24.0 Å². The Morgan fingerprint density at radius 1 is 1.21 bits per heavy atom. The van der Waals surface area contributed by atoms with E-state index in [-0.39, 0.29) is 30.4 Å². The van der Waals surface area contributed by atoms with Crippen LogP contribution in [0.4, 0.5) is 0 Å². The molecule has 2 amide bonds. The maximum absolute atomic E-state index is 14.1. The third-order valence-electron chi connectivity index (χ3n) is 7.58. The van der Waals surface area contributed by atoms with E-state index in [2.05, 4.69) is 26.0 Å². The van der Waals surface area contributed by atoms with E-state index < -0.39 is 27.4 Å². The lowest BCUT2D eigenvalue weighted by molar-refractivity contribution is -0.154. The van der Waals surface area contributed by atoms with Crippen molar-refractivity contribution in [2.75, 3.05) is 26.3 Å². The molecule has 0 bridgehead atoms. The second-order valence-electron chi connectivity index (χ2n) is 9.85. The van der Waals surface area contributed by atoms with Crippen molar-refractivity contribution >= 4 is 29.5 Å². The molecule has 0 aromatic heterocycles. The lowest BCUT2D eigenvalue weighted by Crippen LogP contribution is -2.55. The quantitative estimate of drug-likeness (QED) is 0.468. The summed E-state index contributed by atoms with van der Waals surface area (Å²) >= 11 is 1.57. The molecule has 8 heteroatoms. The molecule has 1 spiro atoms. The Morgan fingerprint density at radius 3 is 2.73 bits per heavy atom. The van der Waals surface area contributed by atoms with Crippen molar-refractivity contribution in [2.24, 2.45) is 11.8 Å². The van der Waals surface area contributed by atoms with Crippen LogP contribution < -0.4 is 0 Å². The smallest absolute Gasteiger partial charge is 0.311 e. The van der Waals surface area contributed by atoms with E-state index in [1.54, 1.807) is 16.7 Å². The van der Waals surface area contributed by atoms with Gasteiger partial charge in [-0.3, -0.25) is 14.4 Å². The Kier molecular flexibility index (Phi) is 6.97. The lowest BCUT2D eigenvalue weighted by Gasteiger charge is -2.38. The summed E-state index contributed by atoms with van der Waals surface area (Å²) in [6, 6.07) is -0.641. The first-order valence-electron chi connectivity index (χ1n) is 12.2. The molecule has 2 unspecified atom stereocenters. The van der Waals surface area contributed by atoms with Gasteiger partial charge in [0.25, 0.3) is 0 Å². The van der Waals surface area contributed by atoms with Crippen molar-refractivity contribution < 1.29 is 24.2 Å². The Bertz CT molecular complexity index is 860. The Hall–Kier alpha value is -1.80. The number of hydrogen-bond acceptors (Lipinski definition) is 6. The Morgan fingerprint density at radius 2 is 2.00 bits per heavy atom. The highest BCUT2D eigenvalue weighted by Gasteiger charge is 2.73. The number of fused-ring (bicyclic) bond motifs is 2. The van der Waals surface area contributed by atoms with Gasteiger partial charge >= 0.3 is 5.97 Å². The monoisotopic (exact) mass is 476 g/mol. The van der Waals surface area contributed by atoms with Crippen LogP contribution in [0.5, 0.6) is 0 Å².